The number of hydrogen-bond donors (Lipinski definition) is 3. The van der Waals surface area contributed by atoms with Gasteiger partial charge in [0.25, 0.3) is 0 Å². The summed E-state index contributed by atoms with van der Waals surface area (Å²) >= 11 is 0. The van der Waals surface area contributed by atoms with Gasteiger partial charge >= 0.3 is 0 Å². The van der Waals surface area contributed by atoms with Gasteiger partial charge in [0.2, 0.25) is 5.91 Å². The predicted octanol–water partition coefficient (Wildman–Crippen LogP) is 17.6. The molecule has 0 aromatic rings. The highest BCUT2D eigenvalue weighted by Crippen LogP contribution is 2.18. The molecule has 0 saturated carbocycles. The molecule has 0 heterocycles. The van der Waals surface area contributed by atoms with Gasteiger partial charge in [0.1, 0.15) is 0 Å². The Morgan fingerprint density at radius 1 is 0.345 bits per heavy atom. The summed E-state index contributed by atoms with van der Waals surface area (Å²) in [5.74, 6) is -0.0239. The normalized spacial score (nSPS) is 12.7. The molecule has 4 nitrogen and oxygen atoms in total. The van der Waals surface area contributed by atoms with Crippen LogP contribution in [0.1, 0.15) is 322 Å². The lowest BCUT2D eigenvalue weighted by Crippen LogP contribution is -2.45. The molecule has 348 valence electrons. The number of amides is 1. The van der Waals surface area contributed by atoms with Crippen LogP contribution in [-0.2, 0) is 4.79 Å². The quantitative estimate of drug-likeness (QED) is 0.0536. The molecular weight excluding hydrogens is 711 g/mol. The van der Waals surface area contributed by atoms with E-state index in [9.17, 15) is 15.0 Å². The summed E-state index contributed by atoms with van der Waals surface area (Å²) in [5, 5.41) is 23.2. The van der Waals surface area contributed by atoms with Crippen LogP contribution in [0.2, 0.25) is 0 Å². The van der Waals surface area contributed by atoms with Crippen LogP contribution in [0.4, 0.5) is 0 Å². The maximum absolute atomic E-state index is 12.4. The van der Waals surface area contributed by atoms with Crippen LogP contribution < -0.4 is 5.32 Å². The molecule has 0 aliphatic heterocycles. The van der Waals surface area contributed by atoms with Crippen molar-refractivity contribution < 1.29 is 15.0 Å². The van der Waals surface area contributed by atoms with Crippen molar-refractivity contribution in [2.24, 2.45) is 0 Å². The molecule has 0 fully saturated rings. The number of hydrogen-bond acceptors (Lipinski definition) is 3. The van der Waals surface area contributed by atoms with Crippen molar-refractivity contribution in [2.45, 2.75) is 334 Å². The smallest absolute Gasteiger partial charge is 0.220 e. The van der Waals surface area contributed by atoms with E-state index in [1.165, 1.54) is 270 Å². The minimum atomic E-state index is -0.653. The third-order valence-corrected chi connectivity index (χ3v) is 13.1. The molecule has 0 spiro atoms. The van der Waals surface area contributed by atoms with E-state index in [0.29, 0.717) is 12.8 Å². The highest BCUT2D eigenvalue weighted by molar-refractivity contribution is 5.76. The summed E-state index contributed by atoms with van der Waals surface area (Å²) in [7, 11) is 0. The van der Waals surface area contributed by atoms with Gasteiger partial charge in [-0.15, -0.1) is 0 Å². The van der Waals surface area contributed by atoms with Crippen molar-refractivity contribution >= 4 is 5.91 Å². The number of aliphatic hydroxyl groups excluding tert-OH is 2. The minimum absolute atomic E-state index is 0.0239. The molecule has 0 radical (unpaired) electrons. The molecule has 0 bridgehead atoms. The number of unbranched alkanes of at least 4 members (excludes halogenated alkanes) is 44. The molecule has 0 saturated heterocycles. The lowest BCUT2D eigenvalue weighted by molar-refractivity contribution is -0.123. The zero-order chi connectivity index (χ0) is 42.1. The molecule has 4 heteroatoms. The Morgan fingerprint density at radius 3 is 0.776 bits per heavy atom. The number of aliphatic hydroxyl groups is 2. The van der Waals surface area contributed by atoms with Gasteiger partial charge in [-0.05, 0) is 12.8 Å². The third kappa shape index (κ3) is 46.5. The lowest BCUT2D eigenvalue weighted by atomic mass is 10.0. The summed E-state index contributed by atoms with van der Waals surface area (Å²) < 4.78 is 0. The number of carbonyl (C=O) groups excluding carboxylic acids is 1. The number of nitrogens with one attached hydrogen (secondary N) is 1. The Bertz CT molecular complexity index is 759. The number of rotatable bonds is 51. The van der Waals surface area contributed by atoms with E-state index in [1.807, 2.05) is 0 Å². The second-order valence-electron chi connectivity index (χ2n) is 19.0. The summed E-state index contributed by atoms with van der Waals surface area (Å²) in [5.41, 5.74) is 0. The van der Waals surface area contributed by atoms with E-state index in [2.05, 4.69) is 19.2 Å². The van der Waals surface area contributed by atoms with Gasteiger partial charge in [-0.2, -0.15) is 0 Å². The van der Waals surface area contributed by atoms with Gasteiger partial charge in [-0.3, -0.25) is 4.79 Å². The van der Waals surface area contributed by atoms with Gasteiger partial charge in [-0.1, -0.05) is 303 Å². The van der Waals surface area contributed by atoms with Crippen LogP contribution in [0.15, 0.2) is 0 Å². The van der Waals surface area contributed by atoms with Crippen molar-refractivity contribution in [1.29, 1.82) is 0 Å². The molecule has 58 heavy (non-hydrogen) atoms. The predicted molar refractivity (Wildman–Crippen MR) is 258 cm³/mol. The highest BCUT2D eigenvalue weighted by Gasteiger charge is 2.20. The van der Waals surface area contributed by atoms with Crippen molar-refractivity contribution in [3.05, 3.63) is 0 Å². The molecular formula is C54H109NO3. The Labute approximate surface area is 365 Å². The van der Waals surface area contributed by atoms with Crippen LogP contribution in [0, 0.1) is 0 Å². The summed E-state index contributed by atoms with van der Waals surface area (Å²) in [6.07, 6.45) is 63.8. The number of carbonyl (C=O) groups is 1. The van der Waals surface area contributed by atoms with Gasteiger partial charge in [0, 0.05) is 6.42 Å². The van der Waals surface area contributed by atoms with E-state index in [4.69, 9.17) is 0 Å². The van der Waals surface area contributed by atoms with Crippen molar-refractivity contribution in [2.75, 3.05) is 6.61 Å². The van der Waals surface area contributed by atoms with Crippen LogP contribution in [0.5, 0.6) is 0 Å². The molecule has 0 aliphatic rings. The van der Waals surface area contributed by atoms with Gasteiger partial charge in [0.15, 0.2) is 0 Å². The molecule has 0 unspecified atom stereocenters. The largest absolute Gasteiger partial charge is 0.394 e. The topological polar surface area (TPSA) is 69.6 Å². The van der Waals surface area contributed by atoms with Gasteiger partial charge < -0.3 is 15.5 Å². The Kier molecular flexibility index (Phi) is 50.2. The second kappa shape index (κ2) is 50.7. The van der Waals surface area contributed by atoms with E-state index in [-0.39, 0.29) is 12.5 Å². The molecule has 2 atom stereocenters. The SMILES string of the molecule is CCCCCCCCCCCCCCCCCCCCCCCCCCCCCCCCCCCC(=O)N[C@@H](CO)[C@H](O)CCCCCCCCCCCCCCC. The Hall–Kier alpha value is -0.610. The standard InChI is InChI=1S/C54H109NO3/c1-3-5-7-9-11-13-15-17-18-19-20-21-22-23-24-25-26-27-28-29-30-31-32-33-34-35-36-38-40-42-44-46-48-50-54(58)55-52(51-56)53(57)49-47-45-43-41-39-37-16-14-12-10-8-6-4-2/h52-53,56-57H,3-51H2,1-2H3,(H,55,58)/t52-,53+/m0/s1. The van der Waals surface area contributed by atoms with Gasteiger partial charge in [0.05, 0.1) is 18.8 Å². The molecule has 0 aromatic heterocycles. The van der Waals surface area contributed by atoms with Crippen molar-refractivity contribution in [3.8, 4) is 0 Å². The van der Waals surface area contributed by atoms with E-state index in [0.717, 1.165) is 25.7 Å². The van der Waals surface area contributed by atoms with Gasteiger partial charge in [-0.25, -0.2) is 0 Å². The summed E-state index contributed by atoms with van der Waals surface area (Å²) in [6.45, 7) is 4.39. The van der Waals surface area contributed by atoms with E-state index >= 15 is 0 Å². The minimum Gasteiger partial charge on any atom is -0.394 e. The lowest BCUT2D eigenvalue weighted by Gasteiger charge is -2.22. The molecule has 3 N–H and O–H groups in total. The van der Waals surface area contributed by atoms with E-state index in [1.54, 1.807) is 0 Å². The van der Waals surface area contributed by atoms with Crippen molar-refractivity contribution in [1.82, 2.24) is 5.32 Å². The maximum Gasteiger partial charge on any atom is 0.220 e. The first-order chi connectivity index (χ1) is 28.7. The zero-order valence-corrected chi connectivity index (χ0v) is 40.1. The molecule has 1 amide bonds. The highest BCUT2D eigenvalue weighted by atomic mass is 16.3. The molecule has 0 aromatic carbocycles. The van der Waals surface area contributed by atoms with Crippen LogP contribution in [0.3, 0.4) is 0 Å². The Balaban J connectivity index is 3.34. The summed E-state index contributed by atoms with van der Waals surface area (Å²) in [6, 6.07) is -0.530. The molecule has 0 aliphatic carbocycles. The first-order valence-electron chi connectivity index (χ1n) is 27.2. The summed E-state index contributed by atoms with van der Waals surface area (Å²) in [4.78, 5) is 12.4. The first-order valence-corrected chi connectivity index (χ1v) is 27.2. The third-order valence-electron chi connectivity index (χ3n) is 13.1. The van der Waals surface area contributed by atoms with Crippen molar-refractivity contribution in [3.63, 3.8) is 0 Å². The fourth-order valence-electron chi connectivity index (χ4n) is 8.95. The first kappa shape index (κ1) is 57.4. The average molecular weight is 820 g/mol. The zero-order valence-electron chi connectivity index (χ0n) is 40.1. The second-order valence-corrected chi connectivity index (χ2v) is 19.0. The Morgan fingerprint density at radius 2 is 0.552 bits per heavy atom. The van der Waals surface area contributed by atoms with Crippen LogP contribution in [0.25, 0.3) is 0 Å². The fourth-order valence-corrected chi connectivity index (χ4v) is 8.95. The average Bonchev–Trinajstić information content (AvgIpc) is 3.23. The fraction of sp³-hybridized carbons (Fsp3) is 0.981. The molecule has 0 rings (SSSR count). The monoisotopic (exact) mass is 820 g/mol. The van der Waals surface area contributed by atoms with Crippen LogP contribution >= 0.6 is 0 Å². The van der Waals surface area contributed by atoms with E-state index < -0.39 is 12.1 Å². The van der Waals surface area contributed by atoms with Crippen LogP contribution in [-0.4, -0.2) is 34.9 Å². The maximum atomic E-state index is 12.4.